The quantitative estimate of drug-likeness (QED) is 0.541. The molecule has 4 heterocycles. The molecule has 8 nitrogen and oxygen atoms in total. The number of rotatable bonds is 3. The van der Waals surface area contributed by atoms with Gasteiger partial charge in [0.25, 0.3) is 0 Å². The highest BCUT2D eigenvalue weighted by Gasteiger charge is 2.44. The number of carbonyl (C=O) groups is 2. The normalized spacial score (nSPS) is 23.1. The van der Waals surface area contributed by atoms with Gasteiger partial charge in [-0.2, -0.15) is 26.3 Å². The molecule has 0 saturated carbocycles. The van der Waals surface area contributed by atoms with E-state index in [0.717, 1.165) is 13.2 Å². The molecule has 3 fully saturated rings. The fraction of sp³-hybridized carbons (Fsp3) is 0.727. The minimum absolute atomic E-state index is 0.181. The molecule has 0 amide bonds. The number of piperidine rings is 1. The van der Waals surface area contributed by atoms with Gasteiger partial charge in [0.1, 0.15) is 0 Å². The van der Waals surface area contributed by atoms with Gasteiger partial charge in [0.2, 0.25) is 0 Å². The molecule has 0 bridgehead atoms. The van der Waals surface area contributed by atoms with Gasteiger partial charge in [-0.25, -0.2) is 9.59 Å². The zero-order valence-corrected chi connectivity index (χ0v) is 21.0. The highest BCUT2D eigenvalue weighted by atomic mass is 32.1. The molecule has 3 aliphatic rings. The third-order valence-corrected chi connectivity index (χ3v) is 7.32. The van der Waals surface area contributed by atoms with Crippen LogP contribution in [-0.2, 0) is 20.9 Å². The first-order chi connectivity index (χ1) is 17.1. The maximum Gasteiger partial charge on any atom is 0.490 e. The molecule has 3 saturated heterocycles. The molecule has 3 aliphatic heterocycles. The van der Waals surface area contributed by atoms with Crippen molar-refractivity contribution >= 4 is 23.3 Å². The number of carboxylic acids is 2. The summed E-state index contributed by atoms with van der Waals surface area (Å²) < 4.78 is 69.9. The second-order valence-electron chi connectivity index (χ2n) is 9.15. The number of ether oxygens (including phenoxy) is 1. The van der Waals surface area contributed by atoms with Crippen LogP contribution in [-0.4, -0.2) is 114 Å². The van der Waals surface area contributed by atoms with Gasteiger partial charge in [0.05, 0.1) is 12.2 Å². The maximum absolute atomic E-state index is 10.6. The number of halogens is 6. The summed E-state index contributed by atoms with van der Waals surface area (Å²) in [6, 6.07) is 5.07. The van der Waals surface area contributed by atoms with E-state index in [1.54, 1.807) is 0 Å². The smallest absolute Gasteiger partial charge is 0.475 e. The summed E-state index contributed by atoms with van der Waals surface area (Å²) in [6.45, 7) is 9.29. The first-order valence-corrected chi connectivity index (χ1v) is 12.4. The summed E-state index contributed by atoms with van der Waals surface area (Å²) >= 11 is 1.88. The third kappa shape index (κ3) is 10.4. The van der Waals surface area contributed by atoms with Crippen molar-refractivity contribution < 1.29 is 50.9 Å². The number of likely N-dealkylation sites (tertiary alicyclic amines) is 1. The predicted octanol–water partition coefficient (Wildman–Crippen LogP) is 3.39. The van der Waals surface area contributed by atoms with Crippen molar-refractivity contribution in [3.63, 3.8) is 0 Å². The molecule has 1 spiro atoms. The lowest BCUT2D eigenvalue weighted by molar-refractivity contribution is -0.193. The minimum Gasteiger partial charge on any atom is -0.475 e. The van der Waals surface area contributed by atoms with Gasteiger partial charge in [0, 0.05) is 56.7 Å². The Labute approximate surface area is 214 Å². The molecule has 1 atom stereocenters. The van der Waals surface area contributed by atoms with Gasteiger partial charge < -0.3 is 19.8 Å². The Morgan fingerprint density at radius 2 is 1.51 bits per heavy atom. The third-order valence-electron chi connectivity index (χ3n) is 6.46. The number of carboxylic acid groups (broad SMARTS) is 2. The van der Waals surface area contributed by atoms with Crippen molar-refractivity contribution in [2.24, 2.45) is 0 Å². The molecule has 0 aromatic carbocycles. The zero-order valence-electron chi connectivity index (χ0n) is 20.2. The molecule has 212 valence electrons. The van der Waals surface area contributed by atoms with Gasteiger partial charge in [-0.15, -0.1) is 11.3 Å². The van der Waals surface area contributed by atoms with Crippen molar-refractivity contribution in [1.29, 1.82) is 0 Å². The average Bonchev–Trinajstić information content (AvgIpc) is 3.46. The number of piperazine rings is 1. The van der Waals surface area contributed by atoms with E-state index < -0.39 is 24.3 Å². The lowest BCUT2D eigenvalue weighted by atomic mass is 9.87. The van der Waals surface area contributed by atoms with Crippen LogP contribution in [0, 0.1) is 0 Å². The Morgan fingerprint density at radius 3 is 1.95 bits per heavy atom. The second-order valence-corrected chi connectivity index (χ2v) is 10.2. The van der Waals surface area contributed by atoms with Crippen LogP contribution in [0.4, 0.5) is 26.3 Å². The number of nitrogens with zero attached hydrogens (tertiary/aromatic N) is 3. The minimum atomic E-state index is -5.08. The van der Waals surface area contributed by atoms with Crippen LogP contribution < -0.4 is 0 Å². The highest BCUT2D eigenvalue weighted by Crippen LogP contribution is 2.38. The number of hydrogen-bond donors (Lipinski definition) is 2. The summed E-state index contributed by atoms with van der Waals surface area (Å²) in [5.74, 6) is -5.51. The molecular weight excluding hydrogens is 532 g/mol. The van der Waals surface area contributed by atoms with Crippen molar-refractivity contribution in [3.8, 4) is 0 Å². The van der Waals surface area contributed by atoms with Crippen LogP contribution in [0.1, 0.15) is 24.1 Å². The second kappa shape index (κ2) is 13.2. The zero-order chi connectivity index (χ0) is 27.9. The number of aliphatic carboxylic acids is 2. The Hall–Kier alpha value is -1.94. The Morgan fingerprint density at radius 1 is 1.00 bits per heavy atom. The summed E-state index contributed by atoms with van der Waals surface area (Å²) in [7, 11) is 2.23. The predicted molar refractivity (Wildman–Crippen MR) is 122 cm³/mol. The van der Waals surface area contributed by atoms with Gasteiger partial charge in [-0.3, -0.25) is 9.80 Å². The Bertz CT molecular complexity index is 828. The van der Waals surface area contributed by atoms with Crippen molar-refractivity contribution in [3.05, 3.63) is 22.4 Å². The van der Waals surface area contributed by atoms with Crippen molar-refractivity contribution in [2.75, 3.05) is 52.9 Å². The first-order valence-electron chi connectivity index (χ1n) is 11.5. The molecule has 1 aromatic heterocycles. The lowest BCUT2D eigenvalue weighted by Crippen LogP contribution is -2.50. The fourth-order valence-electron chi connectivity index (χ4n) is 4.33. The molecule has 2 N–H and O–H groups in total. The SMILES string of the molecule is CN1CCN(C2COC3(CCN(Cc4cccs4)CC3)C2)CC1.O=C(O)C(F)(F)F.O=C(O)C(F)(F)F. The van der Waals surface area contributed by atoms with Crippen LogP contribution in [0.2, 0.25) is 0 Å². The number of likely N-dealkylation sites (N-methyl/N-ethyl adjacent to an activating group) is 1. The van der Waals surface area contributed by atoms with E-state index in [9.17, 15) is 26.3 Å². The van der Waals surface area contributed by atoms with Gasteiger partial charge in [-0.1, -0.05) is 6.07 Å². The number of alkyl halides is 6. The first kappa shape index (κ1) is 31.3. The molecule has 1 unspecified atom stereocenters. The molecule has 37 heavy (non-hydrogen) atoms. The summed E-state index contributed by atoms with van der Waals surface area (Å²) in [6.07, 6.45) is -6.49. The molecule has 4 rings (SSSR count). The van der Waals surface area contributed by atoms with Gasteiger partial charge in [-0.05, 0) is 37.8 Å². The Balaban J connectivity index is 0.000000286. The molecular formula is C22H31F6N3O5S. The van der Waals surface area contributed by atoms with Crippen molar-refractivity contribution in [2.45, 2.75) is 49.8 Å². The topological polar surface area (TPSA) is 93.5 Å². The molecule has 0 radical (unpaired) electrons. The standard InChI is InChI=1S/C18H29N3OS.2C2HF3O2/c1-19-8-10-21(11-9-19)16-13-18(22-15-16)4-6-20(7-5-18)14-17-3-2-12-23-17;2*3-2(4,5)1(6)7/h2-3,12,16H,4-11,13-15H2,1H3;2*(H,6,7). The largest absolute Gasteiger partial charge is 0.490 e. The average molecular weight is 564 g/mol. The summed E-state index contributed by atoms with van der Waals surface area (Å²) in [4.78, 5) is 27.0. The van der Waals surface area contributed by atoms with E-state index in [4.69, 9.17) is 24.5 Å². The van der Waals surface area contributed by atoms with Crippen LogP contribution in [0.3, 0.4) is 0 Å². The van der Waals surface area contributed by atoms with E-state index >= 15 is 0 Å². The summed E-state index contributed by atoms with van der Waals surface area (Å²) in [5.41, 5.74) is 0.181. The monoisotopic (exact) mass is 563 g/mol. The van der Waals surface area contributed by atoms with Crippen molar-refractivity contribution in [1.82, 2.24) is 14.7 Å². The number of thiophene rings is 1. The molecule has 0 aliphatic carbocycles. The molecule has 1 aromatic rings. The van der Waals surface area contributed by atoms with Crippen LogP contribution in [0.5, 0.6) is 0 Å². The Kier molecular flexibility index (Phi) is 11.2. The van der Waals surface area contributed by atoms with E-state index in [1.165, 1.54) is 63.4 Å². The van der Waals surface area contributed by atoms with E-state index in [2.05, 4.69) is 39.3 Å². The maximum atomic E-state index is 10.6. The van der Waals surface area contributed by atoms with E-state index in [1.807, 2.05) is 11.3 Å². The fourth-order valence-corrected chi connectivity index (χ4v) is 5.08. The van der Waals surface area contributed by atoms with Crippen LogP contribution in [0.25, 0.3) is 0 Å². The number of hydrogen-bond acceptors (Lipinski definition) is 7. The highest BCUT2D eigenvalue weighted by molar-refractivity contribution is 7.09. The van der Waals surface area contributed by atoms with Crippen LogP contribution >= 0.6 is 11.3 Å². The molecule has 15 heteroatoms. The van der Waals surface area contributed by atoms with Gasteiger partial charge in [0.15, 0.2) is 0 Å². The lowest BCUT2D eigenvalue weighted by Gasteiger charge is -2.39. The summed E-state index contributed by atoms with van der Waals surface area (Å²) in [5, 5.41) is 16.4. The van der Waals surface area contributed by atoms with Crippen LogP contribution in [0.15, 0.2) is 17.5 Å². The van der Waals surface area contributed by atoms with E-state index in [-0.39, 0.29) is 5.60 Å². The van der Waals surface area contributed by atoms with Gasteiger partial charge >= 0.3 is 24.3 Å². The van der Waals surface area contributed by atoms with E-state index in [0.29, 0.717) is 6.04 Å².